The average Bonchev–Trinajstić information content (AvgIpc) is 2.52. The third kappa shape index (κ3) is 5.79. The fourth-order valence-electron chi connectivity index (χ4n) is 1.53. The van der Waals surface area contributed by atoms with Crippen molar-refractivity contribution < 1.29 is 9.13 Å². The first-order valence-electron chi connectivity index (χ1n) is 5.83. The van der Waals surface area contributed by atoms with Crippen LogP contribution in [0.1, 0.15) is 5.56 Å². The van der Waals surface area contributed by atoms with E-state index in [1.807, 2.05) is 12.1 Å². The maximum atomic E-state index is 9.50. The van der Waals surface area contributed by atoms with Gasteiger partial charge in [0.1, 0.15) is 5.75 Å². The molecule has 0 spiro atoms. The summed E-state index contributed by atoms with van der Waals surface area (Å²) in [6, 6.07) is 16.6. The van der Waals surface area contributed by atoms with E-state index in [-0.39, 0.29) is 0 Å². The molecule has 0 saturated heterocycles. The van der Waals surface area contributed by atoms with Crippen molar-refractivity contribution in [1.29, 1.82) is 0 Å². The average molecular weight is 280 g/mol. The van der Waals surface area contributed by atoms with Crippen LogP contribution in [-0.4, -0.2) is 20.5 Å². The van der Waals surface area contributed by atoms with Crippen LogP contribution in [0.15, 0.2) is 48.5 Å². The Labute approximate surface area is 120 Å². The molecule has 0 aliphatic carbocycles. The zero-order valence-corrected chi connectivity index (χ0v) is 12.7. The van der Waals surface area contributed by atoms with Gasteiger partial charge < -0.3 is 4.74 Å². The van der Waals surface area contributed by atoms with Crippen LogP contribution in [0.3, 0.4) is 0 Å². The Balaban J connectivity index is 0.000000741. The van der Waals surface area contributed by atoms with Gasteiger partial charge in [0, 0.05) is 0 Å². The minimum Gasteiger partial charge on any atom is -0.497 e. The van der Waals surface area contributed by atoms with Gasteiger partial charge in [-0.05, 0) is 36.4 Å². The lowest BCUT2D eigenvalue weighted by Gasteiger charge is -2.03. The van der Waals surface area contributed by atoms with Crippen LogP contribution in [-0.2, 0) is 0 Å². The monoisotopic (exact) mass is 280 g/mol. The molecule has 2 aromatic rings. The van der Waals surface area contributed by atoms with E-state index in [0.29, 0.717) is 7.18 Å². The lowest BCUT2D eigenvalue weighted by molar-refractivity contribution is 0.415. The van der Waals surface area contributed by atoms with Crippen molar-refractivity contribution in [3.05, 3.63) is 54.1 Å². The SMILES string of the molecule is CF.COc1ccc(-c2ccc(C)cc2)cc1.CS. The highest BCUT2D eigenvalue weighted by molar-refractivity contribution is 7.79. The summed E-state index contributed by atoms with van der Waals surface area (Å²) in [7, 11) is 2.18. The van der Waals surface area contributed by atoms with Gasteiger partial charge in [-0.3, -0.25) is 4.39 Å². The van der Waals surface area contributed by atoms with Gasteiger partial charge in [-0.25, -0.2) is 0 Å². The molecule has 0 bridgehead atoms. The number of benzene rings is 2. The molecular formula is C16H21FOS. The standard InChI is InChI=1S/C14H14O.CH3F.CH4S/c1-11-3-5-12(6-4-11)13-7-9-14(15-2)10-8-13;2*1-2/h3-10H,1-2H3;1H3;2H,1H3. The molecule has 0 aliphatic rings. The molecular weight excluding hydrogens is 259 g/mol. The first-order chi connectivity index (χ1) is 9.29. The number of methoxy groups -OCH3 is 1. The third-order valence-corrected chi connectivity index (χ3v) is 2.47. The van der Waals surface area contributed by atoms with E-state index in [4.69, 9.17) is 4.74 Å². The molecule has 19 heavy (non-hydrogen) atoms. The van der Waals surface area contributed by atoms with Crippen molar-refractivity contribution in [3.63, 3.8) is 0 Å². The maximum Gasteiger partial charge on any atom is 0.118 e. The first kappa shape index (κ1) is 17.5. The van der Waals surface area contributed by atoms with Gasteiger partial charge in [-0.2, -0.15) is 12.6 Å². The van der Waals surface area contributed by atoms with Crippen LogP contribution in [0.2, 0.25) is 0 Å². The van der Waals surface area contributed by atoms with E-state index in [1.54, 1.807) is 13.4 Å². The quantitative estimate of drug-likeness (QED) is 0.777. The maximum absolute atomic E-state index is 9.50. The van der Waals surface area contributed by atoms with Crippen molar-refractivity contribution in [2.24, 2.45) is 0 Å². The molecule has 0 aliphatic heterocycles. The van der Waals surface area contributed by atoms with Crippen LogP contribution in [0, 0.1) is 6.92 Å². The Kier molecular flexibility index (Phi) is 9.63. The lowest BCUT2D eigenvalue weighted by atomic mass is 10.0. The van der Waals surface area contributed by atoms with Gasteiger partial charge in [0.05, 0.1) is 14.3 Å². The zero-order chi connectivity index (χ0) is 14.7. The Morgan fingerprint density at radius 1 is 0.789 bits per heavy atom. The Hall–Kier alpha value is -1.48. The zero-order valence-electron chi connectivity index (χ0n) is 11.9. The van der Waals surface area contributed by atoms with E-state index in [2.05, 4.69) is 56.0 Å². The number of thiol groups is 1. The van der Waals surface area contributed by atoms with Crippen molar-refractivity contribution in [2.45, 2.75) is 6.92 Å². The summed E-state index contributed by atoms with van der Waals surface area (Å²) in [6.45, 7) is 2.10. The van der Waals surface area contributed by atoms with Gasteiger partial charge in [-0.1, -0.05) is 42.0 Å². The second-order valence-electron chi connectivity index (χ2n) is 3.59. The summed E-state index contributed by atoms with van der Waals surface area (Å²) in [5.41, 5.74) is 3.74. The smallest absolute Gasteiger partial charge is 0.118 e. The summed E-state index contributed by atoms with van der Waals surface area (Å²) in [5, 5.41) is 0. The highest BCUT2D eigenvalue weighted by Crippen LogP contribution is 2.22. The summed E-state index contributed by atoms with van der Waals surface area (Å²) in [4.78, 5) is 0. The fourth-order valence-corrected chi connectivity index (χ4v) is 1.53. The molecule has 0 N–H and O–H groups in total. The van der Waals surface area contributed by atoms with E-state index in [1.165, 1.54) is 16.7 Å². The first-order valence-corrected chi connectivity index (χ1v) is 6.72. The summed E-state index contributed by atoms with van der Waals surface area (Å²) >= 11 is 3.53. The van der Waals surface area contributed by atoms with Gasteiger partial charge in [0.25, 0.3) is 0 Å². The molecule has 2 rings (SSSR count). The summed E-state index contributed by atoms with van der Waals surface area (Å²) in [5.74, 6) is 0.894. The van der Waals surface area contributed by atoms with Gasteiger partial charge in [0.15, 0.2) is 0 Å². The molecule has 0 atom stereocenters. The van der Waals surface area contributed by atoms with Crippen molar-refractivity contribution >= 4 is 12.6 Å². The minimum absolute atomic E-state index is 0.500. The molecule has 2 aromatic carbocycles. The normalized spacial score (nSPS) is 8.53. The molecule has 0 radical (unpaired) electrons. The lowest BCUT2D eigenvalue weighted by Crippen LogP contribution is -1.82. The van der Waals surface area contributed by atoms with Crippen LogP contribution in [0.4, 0.5) is 4.39 Å². The van der Waals surface area contributed by atoms with Crippen LogP contribution >= 0.6 is 12.6 Å². The Bertz CT molecular complexity index is 437. The van der Waals surface area contributed by atoms with Gasteiger partial charge in [-0.15, -0.1) is 0 Å². The van der Waals surface area contributed by atoms with Crippen molar-refractivity contribution in [1.82, 2.24) is 0 Å². The number of rotatable bonds is 2. The number of halogens is 1. The molecule has 104 valence electrons. The van der Waals surface area contributed by atoms with Crippen molar-refractivity contribution in [3.8, 4) is 16.9 Å². The number of hydrogen-bond donors (Lipinski definition) is 1. The predicted molar refractivity (Wildman–Crippen MR) is 85.1 cm³/mol. The van der Waals surface area contributed by atoms with Crippen LogP contribution in [0.25, 0.3) is 11.1 Å². The molecule has 0 saturated carbocycles. The number of aryl methyl sites for hydroxylation is 1. The molecule has 1 nitrogen and oxygen atoms in total. The third-order valence-electron chi connectivity index (χ3n) is 2.47. The summed E-state index contributed by atoms with van der Waals surface area (Å²) in [6.07, 6.45) is 1.69. The highest BCUT2D eigenvalue weighted by Gasteiger charge is 1.97. The largest absolute Gasteiger partial charge is 0.497 e. The van der Waals surface area contributed by atoms with Crippen LogP contribution < -0.4 is 4.74 Å². The molecule has 0 heterocycles. The number of hydrogen-bond acceptors (Lipinski definition) is 2. The Morgan fingerprint density at radius 3 is 1.53 bits per heavy atom. The molecule has 0 aromatic heterocycles. The Morgan fingerprint density at radius 2 is 1.16 bits per heavy atom. The number of alkyl halides is 1. The van der Waals surface area contributed by atoms with Gasteiger partial charge in [0.2, 0.25) is 0 Å². The predicted octanol–water partition coefficient (Wildman–Crippen LogP) is 4.80. The molecule has 0 unspecified atom stereocenters. The molecule has 0 amide bonds. The van der Waals surface area contributed by atoms with E-state index < -0.39 is 0 Å². The second kappa shape index (κ2) is 10.4. The minimum atomic E-state index is 0.500. The van der Waals surface area contributed by atoms with E-state index in [9.17, 15) is 4.39 Å². The fraction of sp³-hybridized carbons (Fsp3) is 0.250. The number of ether oxygens (including phenoxy) is 1. The second-order valence-corrected chi connectivity index (χ2v) is 3.59. The van der Waals surface area contributed by atoms with Gasteiger partial charge >= 0.3 is 0 Å². The van der Waals surface area contributed by atoms with Crippen molar-refractivity contribution in [2.75, 3.05) is 20.5 Å². The highest BCUT2D eigenvalue weighted by atomic mass is 32.1. The topological polar surface area (TPSA) is 9.23 Å². The van der Waals surface area contributed by atoms with E-state index in [0.717, 1.165) is 5.75 Å². The van der Waals surface area contributed by atoms with E-state index >= 15 is 0 Å². The summed E-state index contributed by atoms with van der Waals surface area (Å²) < 4.78 is 14.6. The molecule has 0 fully saturated rings. The molecule has 3 heteroatoms. The van der Waals surface area contributed by atoms with Crippen LogP contribution in [0.5, 0.6) is 5.75 Å².